The first-order chi connectivity index (χ1) is 5.33. The minimum Gasteiger partial charge on any atom is -0.682 e. The van der Waals surface area contributed by atoms with Crippen LogP contribution < -0.4 is 11.5 Å². The maximum atomic E-state index is 5.38. The molecule has 1 aromatic heterocycles. The van der Waals surface area contributed by atoms with Crippen LogP contribution in [0.5, 0.6) is 0 Å². The van der Waals surface area contributed by atoms with Crippen LogP contribution in [0, 0.1) is 31.1 Å². The van der Waals surface area contributed by atoms with Crippen LogP contribution in [0.1, 0.15) is 0 Å². The number of aromatic nitrogens is 1. The van der Waals surface area contributed by atoms with Crippen LogP contribution in [0.2, 0.25) is 0 Å². The van der Waals surface area contributed by atoms with Gasteiger partial charge in [-0.1, -0.05) is 6.07 Å². The van der Waals surface area contributed by atoms with E-state index in [1.807, 2.05) is 6.07 Å². The SMILES string of the molecule is NCC[N-]c1ccc(N)nc1.[U]. The molecule has 0 fully saturated rings. The first kappa shape index (κ1) is 11.8. The van der Waals surface area contributed by atoms with E-state index in [-0.39, 0.29) is 31.1 Å². The number of pyridine rings is 1. The molecule has 4 nitrogen and oxygen atoms in total. The van der Waals surface area contributed by atoms with Crippen LogP contribution in [-0.2, 0) is 0 Å². The summed E-state index contributed by atoms with van der Waals surface area (Å²) in [5.74, 6) is 0.511. The molecule has 0 aromatic carbocycles. The van der Waals surface area contributed by atoms with Gasteiger partial charge in [0.2, 0.25) is 0 Å². The van der Waals surface area contributed by atoms with E-state index in [1.54, 1.807) is 12.3 Å². The Hall–Kier alpha value is -0.238. The third-order valence-electron chi connectivity index (χ3n) is 1.19. The van der Waals surface area contributed by atoms with Crippen molar-refractivity contribution in [1.29, 1.82) is 0 Å². The normalized spacial score (nSPS) is 8.75. The molecule has 12 heavy (non-hydrogen) atoms. The predicted octanol–water partition coefficient (Wildman–Crippen LogP) is 0.628. The van der Waals surface area contributed by atoms with Gasteiger partial charge in [0, 0.05) is 37.3 Å². The predicted molar refractivity (Wildman–Crippen MR) is 45.6 cm³/mol. The molecule has 1 aromatic rings. The van der Waals surface area contributed by atoms with E-state index in [2.05, 4.69) is 10.3 Å². The minimum absolute atomic E-state index is 0. The first-order valence-corrected chi connectivity index (χ1v) is 3.42. The molecule has 64 valence electrons. The van der Waals surface area contributed by atoms with Crippen molar-refractivity contribution in [2.45, 2.75) is 0 Å². The second-order valence-corrected chi connectivity index (χ2v) is 2.11. The van der Waals surface area contributed by atoms with Gasteiger partial charge >= 0.3 is 0 Å². The van der Waals surface area contributed by atoms with Crippen molar-refractivity contribution in [3.8, 4) is 0 Å². The third-order valence-corrected chi connectivity index (χ3v) is 1.19. The van der Waals surface area contributed by atoms with Crippen molar-refractivity contribution in [2.75, 3.05) is 18.8 Å². The number of nitrogen functional groups attached to an aromatic ring is 1. The Morgan fingerprint density at radius 1 is 1.42 bits per heavy atom. The Bertz CT molecular complexity index is 211. The quantitative estimate of drug-likeness (QED) is 0.796. The maximum Gasteiger partial charge on any atom is 0.123 e. The van der Waals surface area contributed by atoms with Gasteiger partial charge in [0.15, 0.2) is 0 Å². The molecule has 0 bridgehead atoms. The zero-order chi connectivity index (χ0) is 8.10. The van der Waals surface area contributed by atoms with Crippen LogP contribution in [0.3, 0.4) is 0 Å². The van der Waals surface area contributed by atoms with E-state index in [0.29, 0.717) is 18.9 Å². The second kappa shape index (κ2) is 6.30. The standard InChI is InChI=1S/C7H11N4.U/c8-3-4-10-6-1-2-7(9)11-5-6;/h1-2,5H,3-4,8H2,(H2,9,11);/q-1;. The van der Waals surface area contributed by atoms with Crippen LogP contribution in [0.25, 0.3) is 5.32 Å². The van der Waals surface area contributed by atoms with Gasteiger partial charge in [-0.2, -0.15) is 0 Å². The summed E-state index contributed by atoms with van der Waals surface area (Å²) < 4.78 is 0. The molecule has 0 aliphatic heterocycles. The third kappa shape index (κ3) is 3.96. The van der Waals surface area contributed by atoms with Gasteiger partial charge in [0.05, 0.1) is 0 Å². The molecule has 0 aliphatic carbocycles. The molecule has 1 rings (SSSR count). The number of nitrogens with two attached hydrogens (primary N) is 2. The fraction of sp³-hybridized carbons (Fsp3) is 0.286. The Kier molecular flexibility index (Phi) is 6.17. The number of nitrogens with zero attached hydrogens (tertiary/aromatic N) is 2. The summed E-state index contributed by atoms with van der Waals surface area (Å²) >= 11 is 0. The molecule has 1 heterocycles. The Morgan fingerprint density at radius 3 is 2.67 bits per heavy atom. The summed E-state index contributed by atoms with van der Waals surface area (Å²) in [7, 11) is 0. The summed E-state index contributed by atoms with van der Waals surface area (Å²) in [5.41, 5.74) is 11.5. The molecule has 5 heteroatoms. The van der Waals surface area contributed by atoms with E-state index in [0.717, 1.165) is 5.69 Å². The number of hydrogen-bond donors (Lipinski definition) is 2. The second-order valence-electron chi connectivity index (χ2n) is 2.11. The zero-order valence-electron chi connectivity index (χ0n) is 6.70. The van der Waals surface area contributed by atoms with Gasteiger partial charge < -0.3 is 16.8 Å². The fourth-order valence-corrected chi connectivity index (χ4v) is 0.685. The molecule has 0 saturated carbocycles. The van der Waals surface area contributed by atoms with Gasteiger partial charge in [-0.15, -0.1) is 12.2 Å². The Balaban J connectivity index is 0.00000121. The molecule has 0 radical (unpaired) electrons. The van der Waals surface area contributed by atoms with Crippen molar-refractivity contribution in [2.24, 2.45) is 5.73 Å². The number of anilines is 1. The zero-order valence-corrected chi connectivity index (χ0v) is 10.9. The largest absolute Gasteiger partial charge is 0.682 e. The minimum atomic E-state index is 0. The molecule has 0 unspecified atom stereocenters. The van der Waals surface area contributed by atoms with Gasteiger partial charge in [0.25, 0.3) is 0 Å². The average Bonchev–Trinajstić information content (AvgIpc) is 2.04. The van der Waals surface area contributed by atoms with Crippen molar-refractivity contribution in [3.05, 3.63) is 23.6 Å². The van der Waals surface area contributed by atoms with Gasteiger partial charge in [-0.3, -0.25) is 0 Å². The average molecular weight is 389 g/mol. The summed E-state index contributed by atoms with van der Waals surface area (Å²) in [6.07, 6.45) is 1.63. The summed E-state index contributed by atoms with van der Waals surface area (Å²) in [6.45, 7) is 1.19. The smallest absolute Gasteiger partial charge is 0.123 e. The van der Waals surface area contributed by atoms with Crippen LogP contribution >= 0.6 is 0 Å². The Labute approximate surface area is 95.5 Å². The van der Waals surface area contributed by atoms with Crippen LogP contribution in [0.15, 0.2) is 18.3 Å². The molecule has 0 amide bonds. The fourth-order valence-electron chi connectivity index (χ4n) is 0.685. The number of rotatable bonds is 3. The first-order valence-electron chi connectivity index (χ1n) is 3.42. The summed E-state index contributed by atoms with van der Waals surface area (Å²) in [4.78, 5) is 3.88. The monoisotopic (exact) mass is 389 g/mol. The summed E-state index contributed by atoms with van der Waals surface area (Å²) in [6, 6.07) is 3.54. The van der Waals surface area contributed by atoms with Crippen LogP contribution in [-0.4, -0.2) is 18.1 Å². The molecule has 0 saturated heterocycles. The molecular formula is C7H11N4U-. The molecule has 0 aliphatic rings. The summed E-state index contributed by atoms with van der Waals surface area (Å²) in [5, 5.41) is 4.12. The van der Waals surface area contributed by atoms with Crippen molar-refractivity contribution < 1.29 is 31.1 Å². The topological polar surface area (TPSA) is 79.0 Å². The molecule has 0 spiro atoms. The van der Waals surface area contributed by atoms with Gasteiger partial charge in [-0.05, 0) is 12.6 Å². The molecule has 0 atom stereocenters. The van der Waals surface area contributed by atoms with Crippen molar-refractivity contribution >= 4 is 11.5 Å². The van der Waals surface area contributed by atoms with E-state index < -0.39 is 0 Å². The van der Waals surface area contributed by atoms with Crippen molar-refractivity contribution in [3.63, 3.8) is 0 Å². The Morgan fingerprint density at radius 2 is 2.17 bits per heavy atom. The van der Waals surface area contributed by atoms with E-state index >= 15 is 0 Å². The van der Waals surface area contributed by atoms with E-state index in [9.17, 15) is 0 Å². The maximum absolute atomic E-state index is 5.38. The van der Waals surface area contributed by atoms with Gasteiger partial charge in [-0.25, -0.2) is 4.98 Å². The van der Waals surface area contributed by atoms with Crippen molar-refractivity contribution in [1.82, 2.24) is 4.98 Å². The van der Waals surface area contributed by atoms with E-state index in [4.69, 9.17) is 11.5 Å². The molecular weight excluding hydrogens is 378 g/mol. The van der Waals surface area contributed by atoms with Gasteiger partial charge in [0.1, 0.15) is 5.82 Å². The number of hydrogen-bond acceptors (Lipinski definition) is 3. The molecule has 4 N–H and O–H groups in total. The van der Waals surface area contributed by atoms with E-state index in [1.165, 1.54) is 0 Å². The van der Waals surface area contributed by atoms with Crippen LogP contribution in [0.4, 0.5) is 11.5 Å².